The molecule has 0 aliphatic carbocycles. The zero-order chi connectivity index (χ0) is 19.0. The summed E-state index contributed by atoms with van der Waals surface area (Å²) in [5.74, 6) is -1.42. The summed E-state index contributed by atoms with van der Waals surface area (Å²) in [6, 6.07) is 15.8. The van der Waals surface area contributed by atoms with Gasteiger partial charge in [-0.3, -0.25) is 0 Å². The Morgan fingerprint density at radius 1 is 1.07 bits per heavy atom. The predicted octanol–water partition coefficient (Wildman–Crippen LogP) is 4.81. The molecule has 27 heavy (non-hydrogen) atoms. The summed E-state index contributed by atoms with van der Waals surface area (Å²) in [6.45, 7) is 1.94. The third-order valence-electron chi connectivity index (χ3n) is 4.18. The van der Waals surface area contributed by atoms with Gasteiger partial charge < -0.3 is 5.11 Å². The van der Waals surface area contributed by atoms with Gasteiger partial charge >= 0.3 is 5.97 Å². The highest BCUT2D eigenvalue weighted by molar-refractivity contribution is 7.12. The number of nitrogens with zero attached hydrogens (tertiary/aromatic N) is 3. The Morgan fingerprint density at radius 3 is 2.41 bits per heavy atom. The first-order valence-electron chi connectivity index (χ1n) is 8.15. The molecule has 0 radical (unpaired) electrons. The maximum Gasteiger partial charge on any atom is 0.355 e. The standard InChI is InChI=1S/C20H14FN3O2S/c1-12-17(13-5-3-2-4-6-13)23-24(20-22-16(11-27-20)19(25)26)18(12)14-7-9-15(21)10-8-14/h2-11H,1H3,(H,25,26). The van der Waals surface area contributed by atoms with Crippen LogP contribution < -0.4 is 0 Å². The van der Waals surface area contributed by atoms with Crippen LogP contribution in [0.4, 0.5) is 4.39 Å². The first-order valence-corrected chi connectivity index (χ1v) is 9.02. The molecule has 2 aromatic carbocycles. The van der Waals surface area contributed by atoms with Gasteiger partial charge in [-0.25, -0.2) is 18.9 Å². The molecule has 0 amide bonds. The largest absolute Gasteiger partial charge is 0.476 e. The number of aromatic nitrogens is 3. The van der Waals surface area contributed by atoms with Crippen LogP contribution in [0.15, 0.2) is 60.0 Å². The molecule has 0 bridgehead atoms. The van der Waals surface area contributed by atoms with E-state index in [1.54, 1.807) is 16.8 Å². The molecule has 1 N–H and O–H groups in total. The lowest BCUT2D eigenvalue weighted by Gasteiger charge is -2.06. The van der Waals surface area contributed by atoms with Crippen molar-refractivity contribution in [1.82, 2.24) is 14.8 Å². The van der Waals surface area contributed by atoms with Crippen LogP contribution in [0.1, 0.15) is 16.1 Å². The molecule has 0 unspecified atom stereocenters. The van der Waals surface area contributed by atoms with Gasteiger partial charge in [-0.2, -0.15) is 5.10 Å². The summed E-state index contributed by atoms with van der Waals surface area (Å²) in [5.41, 5.74) is 4.10. The molecule has 0 aliphatic heterocycles. The van der Waals surface area contributed by atoms with E-state index in [1.807, 2.05) is 37.3 Å². The molecule has 0 fully saturated rings. The van der Waals surface area contributed by atoms with E-state index in [0.29, 0.717) is 5.13 Å². The molecule has 2 aromatic heterocycles. The second-order valence-corrected chi connectivity index (χ2v) is 6.76. The van der Waals surface area contributed by atoms with Gasteiger partial charge in [0.2, 0.25) is 5.13 Å². The van der Waals surface area contributed by atoms with Crippen molar-refractivity contribution in [1.29, 1.82) is 0 Å². The molecule has 5 nitrogen and oxygen atoms in total. The normalized spacial score (nSPS) is 10.9. The highest BCUT2D eigenvalue weighted by atomic mass is 32.1. The summed E-state index contributed by atoms with van der Waals surface area (Å²) in [6.07, 6.45) is 0. The number of carboxylic acid groups (broad SMARTS) is 1. The minimum Gasteiger partial charge on any atom is -0.476 e. The lowest BCUT2D eigenvalue weighted by atomic mass is 10.0. The summed E-state index contributed by atoms with van der Waals surface area (Å²) in [7, 11) is 0. The van der Waals surface area contributed by atoms with E-state index >= 15 is 0 Å². The zero-order valence-electron chi connectivity index (χ0n) is 14.3. The number of thiazole rings is 1. The maximum absolute atomic E-state index is 13.4. The predicted molar refractivity (Wildman–Crippen MR) is 102 cm³/mol. The van der Waals surface area contributed by atoms with Crippen molar-refractivity contribution in [3.63, 3.8) is 0 Å². The van der Waals surface area contributed by atoms with Gasteiger partial charge in [0.05, 0.1) is 11.4 Å². The van der Waals surface area contributed by atoms with Gasteiger partial charge in [0.1, 0.15) is 5.82 Å². The van der Waals surface area contributed by atoms with Gasteiger partial charge in [0.25, 0.3) is 0 Å². The van der Waals surface area contributed by atoms with Crippen molar-refractivity contribution in [3.8, 4) is 27.6 Å². The molecular weight excluding hydrogens is 365 g/mol. The van der Waals surface area contributed by atoms with Crippen molar-refractivity contribution >= 4 is 17.3 Å². The molecule has 0 atom stereocenters. The second-order valence-electron chi connectivity index (χ2n) is 5.93. The van der Waals surface area contributed by atoms with E-state index in [4.69, 9.17) is 5.10 Å². The third-order valence-corrected chi connectivity index (χ3v) is 5.00. The average Bonchev–Trinajstić information content (AvgIpc) is 3.28. The first kappa shape index (κ1) is 17.1. The van der Waals surface area contributed by atoms with E-state index in [0.717, 1.165) is 28.1 Å². The van der Waals surface area contributed by atoms with Gasteiger partial charge in [0, 0.05) is 22.1 Å². The fourth-order valence-electron chi connectivity index (χ4n) is 2.91. The van der Waals surface area contributed by atoms with Crippen molar-refractivity contribution in [2.75, 3.05) is 0 Å². The van der Waals surface area contributed by atoms with Crippen molar-refractivity contribution in [2.24, 2.45) is 0 Å². The molecule has 0 saturated heterocycles. The summed E-state index contributed by atoms with van der Waals surface area (Å²) in [4.78, 5) is 15.4. The minimum atomic E-state index is -1.09. The van der Waals surface area contributed by atoms with Gasteiger partial charge in [0.15, 0.2) is 5.69 Å². The maximum atomic E-state index is 13.4. The zero-order valence-corrected chi connectivity index (χ0v) is 15.1. The number of carbonyl (C=O) groups is 1. The Balaban J connectivity index is 1.95. The van der Waals surface area contributed by atoms with Crippen molar-refractivity contribution in [3.05, 3.63) is 77.1 Å². The number of halogens is 1. The van der Waals surface area contributed by atoms with Crippen molar-refractivity contribution < 1.29 is 14.3 Å². The Bertz CT molecular complexity index is 1120. The average molecular weight is 379 g/mol. The number of hydrogen-bond donors (Lipinski definition) is 1. The summed E-state index contributed by atoms with van der Waals surface area (Å²) in [5, 5.41) is 15.8. The summed E-state index contributed by atoms with van der Waals surface area (Å²) >= 11 is 1.19. The van der Waals surface area contributed by atoms with E-state index in [9.17, 15) is 14.3 Å². The highest BCUT2D eigenvalue weighted by Crippen LogP contribution is 2.34. The number of benzene rings is 2. The molecule has 0 aliphatic rings. The monoisotopic (exact) mass is 379 g/mol. The SMILES string of the molecule is Cc1c(-c2ccccc2)nn(-c2nc(C(=O)O)cs2)c1-c1ccc(F)cc1. The smallest absolute Gasteiger partial charge is 0.355 e. The van der Waals surface area contributed by atoms with Crippen LogP contribution >= 0.6 is 11.3 Å². The Kier molecular flexibility index (Phi) is 4.29. The fourth-order valence-corrected chi connectivity index (χ4v) is 3.66. The lowest BCUT2D eigenvalue weighted by molar-refractivity contribution is 0.0691. The molecule has 7 heteroatoms. The van der Waals surface area contributed by atoms with Crippen LogP contribution in [-0.2, 0) is 0 Å². The second kappa shape index (κ2) is 6.77. The van der Waals surface area contributed by atoms with Crippen LogP contribution in [0.25, 0.3) is 27.6 Å². The molecule has 0 saturated carbocycles. The molecule has 4 aromatic rings. The molecule has 134 valence electrons. The Morgan fingerprint density at radius 2 is 1.78 bits per heavy atom. The number of carboxylic acids is 1. The number of aromatic carboxylic acids is 1. The van der Waals surface area contributed by atoms with E-state index in [-0.39, 0.29) is 11.5 Å². The number of rotatable bonds is 4. The minimum absolute atomic E-state index is 0.0329. The van der Waals surface area contributed by atoms with Crippen LogP contribution in [-0.4, -0.2) is 25.8 Å². The fraction of sp³-hybridized carbons (Fsp3) is 0.0500. The summed E-state index contributed by atoms with van der Waals surface area (Å²) < 4.78 is 15.0. The van der Waals surface area contributed by atoms with Crippen LogP contribution in [0.2, 0.25) is 0 Å². The van der Waals surface area contributed by atoms with Crippen LogP contribution in [0, 0.1) is 12.7 Å². The molecular formula is C20H14FN3O2S. The van der Waals surface area contributed by atoms with E-state index in [2.05, 4.69) is 4.98 Å². The third kappa shape index (κ3) is 3.13. The van der Waals surface area contributed by atoms with Gasteiger partial charge in [-0.15, -0.1) is 11.3 Å². The van der Waals surface area contributed by atoms with E-state index in [1.165, 1.54) is 28.8 Å². The first-order chi connectivity index (χ1) is 13.0. The topological polar surface area (TPSA) is 68.0 Å². The lowest BCUT2D eigenvalue weighted by Crippen LogP contribution is -2.02. The number of hydrogen-bond acceptors (Lipinski definition) is 4. The molecule has 0 spiro atoms. The Hall–Kier alpha value is -3.32. The molecule has 4 rings (SSSR count). The van der Waals surface area contributed by atoms with E-state index < -0.39 is 5.97 Å². The molecule has 2 heterocycles. The van der Waals surface area contributed by atoms with Gasteiger partial charge in [-0.05, 0) is 31.2 Å². The van der Waals surface area contributed by atoms with Crippen LogP contribution in [0.3, 0.4) is 0 Å². The quantitative estimate of drug-likeness (QED) is 0.553. The van der Waals surface area contributed by atoms with Gasteiger partial charge in [-0.1, -0.05) is 30.3 Å². The Labute approximate surface area is 158 Å². The van der Waals surface area contributed by atoms with Crippen LogP contribution in [0.5, 0.6) is 0 Å². The highest BCUT2D eigenvalue weighted by Gasteiger charge is 2.21. The van der Waals surface area contributed by atoms with Crippen molar-refractivity contribution in [2.45, 2.75) is 6.92 Å².